The number of fused-ring (bicyclic) bond motifs is 2. The lowest BCUT2D eigenvalue weighted by Gasteiger charge is -2.45. The van der Waals surface area contributed by atoms with Gasteiger partial charge < -0.3 is 10.6 Å². The van der Waals surface area contributed by atoms with E-state index in [4.69, 9.17) is 5.73 Å². The summed E-state index contributed by atoms with van der Waals surface area (Å²) in [7, 11) is -2.97. The molecule has 1 heterocycles. The van der Waals surface area contributed by atoms with Crippen LogP contribution in [0, 0.1) is 17.8 Å². The van der Waals surface area contributed by atoms with Crippen molar-refractivity contribution in [3.63, 3.8) is 0 Å². The number of amides is 1. The van der Waals surface area contributed by atoms with Crippen LogP contribution in [0.3, 0.4) is 0 Å². The van der Waals surface area contributed by atoms with E-state index in [1.165, 1.54) is 6.42 Å². The minimum atomic E-state index is -2.97. The fourth-order valence-electron chi connectivity index (χ4n) is 4.55. The second-order valence-corrected chi connectivity index (χ2v) is 9.42. The molecule has 1 aliphatic heterocycles. The molecule has 2 aliphatic carbocycles. The Bertz CT molecular complexity index is 505. The van der Waals surface area contributed by atoms with E-state index < -0.39 is 9.84 Å². The third-order valence-corrected chi connectivity index (χ3v) is 7.51. The Morgan fingerprint density at radius 3 is 2.38 bits per heavy atom. The van der Waals surface area contributed by atoms with Crippen LogP contribution < -0.4 is 5.73 Å². The number of hydrogen-bond donors (Lipinski definition) is 1. The quantitative estimate of drug-likeness (QED) is 0.776. The summed E-state index contributed by atoms with van der Waals surface area (Å²) in [5.41, 5.74) is 6.28. The minimum absolute atomic E-state index is 0.0587. The number of carbonyl (C=O) groups excluding carboxylic acids is 1. The van der Waals surface area contributed by atoms with Gasteiger partial charge in [-0.25, -0.2) is 8.42 Å². The Hall–Kier alpha value is -0.620. The third-order valence-electron chi connectivity index (χ3n) is 5.72. The Balaban J connectivity index is 1.69. The van der Waals surface area contributed by atoms with Crippen molar-refractivity contribution in [3.8, 4) is 0 Å². The van der Waals surface area contributed by atoms with Crippen molar-refractivity contribution >= 4 is 15.7 Å². The van der Waals surface area contributed by atoms with Gasteiger partial charge in [-0.15, -0.1) is 0 Å². The van der Waals surface area contributed by atoms with Gasteiger partial charge in [0.1, 0.15) is 0 Å². The van der Waals surface area contributed by atoms with E-state index in [0.717, 1.165) is 25.7 Å². The van der Waals surface area contributed by atoms with Gasteiger partial charge in [0.15, 0.2) is 9.84 Å². The average molecular weight is 314 g/mol. The van der Waals surface area contributed by atoms with Gasteiger partial charge in [-0.05, 0) is 44.4 Å². The van der Waals surface area contributed by atoms with E-state index >= 15 is 0 Å². The normalized spacial score (nSPS) is 42.6. The first-order chi connectivity index (χ1) is 9.87. The number of hydrogen-bond acceptors (Lipinski definition) is 4. The molecule has 6 heteroatoms. The number of nitrogens with two attached hydrogens (primary N) is 1. The Morgan fingerprint density at radius 2 is 1.81 bits per heavy atom. The van der Waals surface area contributed by atoms with Gasteiger partial charge in [0.2, 0.25) is 5.91 Å². The van der Waals surface area contributed by atoms with Gasteiger partial charge in [0.25, 0.3) is 0 Å². The van der Waals surface area contributed by atoms with Crippen LogP contribution in [0.1, 0.15) is 39.0 Å². The molecule has 0 aromatic heterocycles. The number of sulfone groups is 1. The highest BCUT2D eigenvalue weighted by atomic mass is 32.2. The average Bonchev–Trinajstić information content (AvgIpc) is 2.36. The van der Waals surface area contributed by atoms with Crippen molar-refractivity contribution in [2.24, 2.45) is 23.5 Å². The van der Waals surface area contributed by atoms with Crippen LogP contribution in [0.25, 0.3) is 0 Å². The molecule has 0 aromatic rings. The predicted octanol–water partition coefficient (Wildman–Crippen LogP) is 0.785. The first-order valence-electron chi connectivity index (χ1n) is 8.14. The maximum absolute atomic E-state index is 12.8. The molecule has 3 aliphatic rings. The zero-order valence-corrected chi connectivity index (χ0v) is 13.5. The van der Waals surface area contributed by atoms with Crippen molar-refractivity contribution in [2.45, 2.75) is 51.1 Å². The van der Waals surface area contributed by atoms with Crippen molar-refractivity contribution in [1.82, 2.24) is 4.90 Å². The summed E-state index contributed by atoms with van der Waals surface area (Å²) in [6, 6.07) is 0.0775. The van der Waals surface area contributed by atoms with Gasteiger partial charge in [-0.2, -0.15) is 0 Å². The smallest absolute Gasteiger partial charge is 0.226 e. The summed E-state index contributed by atoms with van der Waals surface area (Å²) < 4.78 is 23.3. The zero-order chi connectivity index (χ0) is 15.2. The molecule has 3 fully saturated rings. The molecule has 3 unspecified atom stereocenters. The third kappa shape index (κ3) is 2.97. The van der Waals surface area contributed by atoms with Gasteiger partial charge >= 0.3 is 0 Å². The SMILES string of the molecule is CC1CS(=O)(=O)CCN1C(=O)C1CC2CCCC(C1)C2N. The molecular weight excluding hydrogens is 288 g/mol. The summed E-state index contributed by atoms with van der Waals surface area (Å²) in [5.74, 6) is 1.41. The molecule has 2 bridgehead atoms. The second-order valence-electron chi connectivity index (χ2n) is 7.19. The van der Waals surface area contributed by atoms with Crippen LogP contribution in [0.2, 0.25) is 0 Å². The standard InChI is InChI=1S/C15H26N2O3S/c1-10-9-21(19,20)6-5-17(10)15(18)13-7-11-3-2-4-12(8-13)14(11)16/h10-14H,2-9,16H2,1H3. The lowest BCUT2D eigenvalue weighted by Crippen LogP contribution is -2.54. The summed E-state index contributed by atoms with van der Waals surface area (Å²) in [5, 5.41) is 0. The molecule has 0 aromatic carbocycles. The Kier molecular flexibility index (Phi) is 4.03. The zero-order valence-electron chi connectivity index (χ0n) is 12.7. The highest BCUT2D eigenvalue weighted by molar-refractivity contribution is 7.91. The maximum Gasteiger partial charge on any atom is 0.226 e. The molecular formula is C15H26N2O3S. The van der Waals surface area contributed by atoms with E-state index in [1.807, 2.05) is 6.92 Å². The Morgan fingerprint density at radius 1 is 1.19 bits per heavy atom. The summed E-state index contributed by atoms with van der Waals surface area (Å²) in [4.78, 5) is 14.6. The van der Waals surface area contributed by atoms with Crippen molar-refractivity contribution in [1.29, 1.82) is 0 Å². The summed E-state index contributed by atoms with van der Waals surface area (Å²) in [6.45, 7) is 2.21. The van der Waals surface area contributed by atoms with E-state index in [-0.39, 0.29) is 35.4 Å². The van der Waals surface area contributed by atoms with Crippen molar-refractivity contribution < 1.29 is 13.2 Å². The molecule has 1 amide bonds. The first-order valence-corrected chi connectivity index (χ1v) is 9.96. The number of carbonyl (C=O) groups is 1. The van der Waals surface area contributed by atoms with Crippen molar-refractivity contribution in [3.05, 3.63) is 0 Å². The number of nitrogens with zero attached hydrogens (tertiary/aromatic N) is 1. The van der Waals surface area contributed by atoms with Crippen LogP contribution in [0.5, 0.6) is 0 Å². The van der Waals surface area contributed by atoms with E-state index in [9.17, 15) is 13.2 Å². The highest BCUT2D eigenvalue weighted by Crippen LogP contribution is 2.42. The molecule has 120 valence electrons. The number of rotatable bonds is 1. The molecule has 3 atom stereocenters. The minimum Gasteiger partial charge on any atom is -0.338 e. The largest absolute Gasteiger partial charge is 0.338 e. The van der Waals surface area contributed by atoms with Crippen molar-refractivity contribution in [2.75, 3.05) is 18.1 Å². The molecule has 5 nitrogen and oxygen atoms in total. The van der Waals surface area contributed by atoms with Gasteiger partial charge in [0.05, 0.1) is 11.5 Å². The van der Waals surface area contributed by atoms with Crippen LogP contribution in [-0.4, -0.2) is 49.4 Å². The van der Waals surface area contributed by atoms with E-state index in [1.54, 1.807) is 4.90 Å². The molecule has 21 heavy (non-hydrogen) atoms. The molecule has 2 N–H and O–H groups in total. The van der Waals surface area contributed by atoms with Gasteiger partial charge in [-0.1, -0.05) is 6.42 Å². The Labute approximate surface area is 127 Å². The lowest BCUT2D eigenvalue weighted by molar-refractivity contribution is -0.140. The van der Waals surface area contributed by atoms with Gasteiger partial charge in [0, 0.05) is 24.5 Å². The highest BCUT2D eigenvalue weighted by Gasteiger charge is 2.43. The summed E-state index contributed by atoms with van der Waals surface area (Å²) >= 11 is 0. The fourth-order valence-corrected chi connectivity index (χ4v) is 6.11. The van der Waals surface area contributed by atoms with E-state index in [2.05, 4.69) is 0 Å². The predicted molar refractivity (Wildman–Crippen MR) is 81.4 cm³/mol. The fraction of sp³-hybridized carbons (Fsp3) is 0.933. The monoisotopic (exact) mass is 314 g/mol. The van der Waals surface area contributed by atoms with Gasteiger partial charge in [-0.3, -0.25) is 4.79 Å². The molecule has 0 spiro atoms. The molecule has 2 saturated carbocycles. The molecule has 3 rings (SSSR count). The van der Waals surface area contributed by atoms with Crippen LogP contribution in [0.15, 0.2) is 0 Å². The first kappa shape index (κ1) is 15.3. The summed E-state index contributed by atoms with van der Waals surface area (Å²) in [6.07, 6.45) is 5.32. The molecule has 0 radical (unpaired) electrons. The van der Waals surface area contributed by atoms with Crippen LogP contribution >= 0.6 is 0 Å². The molecule has 1 saturated heterocycles. The van der Waals surface area contributed by atoms with Crippen LogP contribution in [0.4, 0.5) is 0 Å². The van der Waals surface area contributed by atoms with E-state index in [0.29, 0.717) is 18.4 Å². The second kappa shape index (κ2) is 5.54. The maximum atomic E-state index is 12.8. The lowest BCUT2D eigenvalue weighted by atomic mass is 9.65. The van der Waals surface area contributed by atoms with Crippen LogP contribution in [-0.2, 0) is 14.6 Å². The topological polar surface area (TPSA) is 80.5 Å².